The van der Waals surface area contributed by atoms with Crippen LogP contribution in [0.4, 0.5) is 4.39 Å². The van der Waals surface area contributed by atoms with E-state index in [0.717, 1.165) is 17.9 Å². The zero-order valence-corrected chi connectivity index (χ0v) is 11.6. The summed E-state index contributed by atoms with van der Waals surface area (Å²) in [7, 11) is 4.05. The van der Waals surface area contributed by atoms with Crippen molar-refractivity contribution >= 4 is 22.6 Å². The molecule has 1 unspecified atom stereocenters. The van der Waals surface area contributed by atoms with Gasteiger partial charge < -0.3 is 9.47 Å². The number of fused-ring (bicyclic) bond motifs is 1. The number of likely N-dealkylation sites (N-methyl/N-ethyl adjacent to an activating group) is 1. The molecule has 0 aliphatic heterocycles. The fraction of sp³-hybridized carbons (Fsp3) is 0.462. The maximum Gasteiger partial charge on any atom is 0.125 e. The van der Waals surface area contributed by atoms with Crippen molar-refractivity contribution in [2.24, 2.45) is 0 Å². The third-order valence-electron chi connectivity index (χ3n) is 2.91. The Morgan fingerprint density at radius 3 is 2.78 bits per heavy atom. The summed E-state index contributed by atoms with van der Waals surface area (Å²) in [4.78, 5) is 6.50. The van der Waals surface area contributed by atoms with Gasteiger partial charge in [0.1, 0.15) is 11.6 Å². The zero-order chi connectivity index (χ0) is 13.3. The van der Waals surface area contributed by atoms with Gasteiger partial charge in [0.25, 0.3) is 0 Å². The molecule has 0 saturated heterocycles. The van der Waals surface area contributed by atoms with Crippen LogP contribution in [0.15, 0.2) is 18.2 Å². The van der Waals surface area contributed by atoms with Crippen LogP contribution in [0.1, 0.15) is 18.8 Å². The molecule has 0 amide bonds. The molecule has 1 heterocycles. The summed E-state index contributed by atoms with van der Waals surface area (Å²) in [6, 6.07) is 4.91. The van der Waals surface area contributed by atoms with Gasteiger partial charge in [0.2, 0.25) is 0 Å². The molecular formula is C13H17ClFN3. The van der Waals surface area contributed by atoms with Gasteiger partial charge in [0.15, 0.2) is 0 Å². The van der Waals surface area contributed by atoms with E-state index in [-0.39, 0.29) is 11.9 Å². The molecule has 0 N–H and O–H groups in total. The van der Waals surface area contributed by atoms with Crippen molar-refractivity contribution in [1.82, 2.24) is 14.5 Å². The second kappa shape index (κ2) is 5.24. The van der Waals surface area contributed by atoms with Crippen LogP contribution in [-0.2, 0) is 5.88 Å². The summed E-state index contributed by atoms with van der Waals surface area (Å²) in [6.07, 6.45) is 0. The lowest BCUT2D eigenvalue weighted by atomic mass is 10.2. The topological polar surface area (TPSA) is 21.1 Å². The monoisotopic (exact) mass is 269 g/mol. The molecule has 0 fully saturated rings. The first-order valence-electron chi connectivity index (χ1n) is 5.90. The lowest BCUT2D eigenvalue weighted by Gasteiger charge is -2.20. The van der Waals surface area contributed by atoms with Gasteiger partial charge in [-0.2, -0.15) is 0 Å². The van der Waals surface area contributed by atoms with Gasteiger partial charge in [-0.25, -0.2) is 9.37 Å². The minimum absolute atomic E-state index is 0.240. The van der Waals surface area contributed by atoms with E-state index in [0.29, 0.717) is 11.4 Å². The van der Waals surface area contributed by atoms with E-state index in [4.69, 9.17) is 11.6 Å². The van der Waals surface area contributed by atoms with E-state index in [1.165, 1.54) is 12.1 Å². The predicted octanol–water partition coefficient (Wildman–Crippen LogP) is 3.04. The van der Waals surface area contributed by atoms with E-state index in [1.807, 2.05) is 14.1 Å². The molecule has 1 atom stereocenters. The van der Waals surface area contributed by atoms with Gasteiger partial charge in [-0.1, -0.05) is 0 Å². The normalized spacial score (nSPS) is 13.4. The molecule has 0 bridgehead atoms. The minimum atomic E-state index is -0.270. The van der Waals surface area contributed by atoms with Gasteiger partial charge in [0, 0.05) is 18.7 Å². The van der Waals surface area contributed by atoms with Gasteiger partial charge in [0.05, 0.1) is 16.9 Å². The van der Waals surface area contributed by atoms with Gasteiger partial charge in [-0.3, -0.25) is 0 Å². The van der Waals surface area contributed by atoms with E-state index in [1.54, 1.807) is 6.07 Å². The number of nitrogens with zero attached hydrogens (tertiary/aromatic N) is 3. The van der Waals surface area contributed by atoms with Crippen molar-refractivity contribution in [2.75, 3.05) is 20.6 Å². The Labute approximate surface area is 111 Å². The molecule has 2 rings (SSSR count). The third-order valence-corrected chi connectivity index (χ3v) is 3.15. The summed E-state index contributed by atoms with van der Waals surface area (Å²) in [6.45, 7) is 2.99. The Kier molecular flexibility index (Phi) is 3.88. The lowest BCUT2D eigenvalue weighted by Crippen LogP contribution is -2.23. The highest BCUT2D eigenvalue weighted by atomic mass is 35.5. The number of hydrogen-bond donors (Lipinski definition) is 0. The van der Waals surface area contributed by atoms with E-state index < -0.39 is 0 Å². The van der Waals surface area contributed by atoms with Crippen LogP contribution in [0.25, 0.3) is 11.0 Å². The second-order valence-corrected chi connectivity index (χ2v) is 5.04. The number of aromatic nitrogens is 2. The average Bonchev–Trinajstić information content (AvgIpc) is 2.65. The number of imidazole rings is 1. The van der Waals surface area contributed by atoms with Crippen LogP contribution in [0.2, 0.25) is 0 Å². The van der Waals surface area contributed by atoms with E-state index >= 15 is 0 Å². The average molecular weight is 270 g/mol. The van der Waals surface area contributed by atoms with Crippen LogP contribution in [0.5, 0.6) is 0 Å². The van der Waals surface area contributed by atoms with Crippen LogP contribution in [-0.4, -0.2) is 35.1 Å². The third kappa shape index (κ3) is 2.49. The molecule has 5 heteroatoms. The van der Waals surface area contributed by atoms with Gasteiger partial charge in [-0.05, 0) is 33.2 Å². The first-order chi connectivity index (χ1) is 8.52. The summed E-state index contributed by atoms with van der Waals surface area (Å²) < 4.78 is 15.3. The Balaban J connectivity index is 2.53. The maximum absolute atomic E-state index is 13.2. The van der Waals surface area contributed by atoms with Crippen molar-refractivity contribution < 1.29 is 4.39 Å². The molecule has 0 radical (unpaired) electrons. The zero-order valence-electron chi connectivity index (χ0n) is 10.8. The van der Waals surface area contributed by atoms with Gasteiger partial charge in [-0.15, -0.1) is 11.6 Å². The summed E-state index contributed by atoms with van der Waals surface area (Å²) in [5.41, 5.74) is 1.60. The standard InChI is InChI=1S/C13H17ClFN3/c1-9(8-17(2)3)18-12-5-4-10(15)6-11(12)16-13(18)7-14/h4-6,9H,7-8H2,1-3H3. The Morgan fingerprint density at radius 1 is 1.44 bits per heavy atom. The molecular weight excluding hydrogens is 253 g/mol. The quantitative estimate of drug-likeness (QED) is 0.796. The van der Waals surface area contributed by atoms with Crippen molar-refractivity contribution in [2.45, 2.75) is 18.8 Å². The maximum atomic E-state index is 13.2. The highest BCUT2D eigenvalue weighted by Gasteiger charge is 2.16. The second-order valence-electron chi connectivity index (χ2n) is 4.78. The molecule has 18 heavy (non-hydrogen) atoms. The summed E-state index contributed by atoms with van der Waals surface area (Å²) in [5.74, 6) is 0.841. The number of benzene rings is 1. The van der Waals surface area contributed by atoms with E-state index in [9.17, 15) is 4.39 Å². The Morgan fingerprint density at radius 2 is 2.17 bits per heavy atom. The van der Waals surface area contributed by atoms with Crippen LogP contribution in [0, 0.1) is 5.82 Å². The van der Waals surface area contributed by atoms with Gasteiger partial charge >= 0.3 is 0 Å². The number of alkyl halides is 1. The molecule has 0 spiro atoms. The Bertz CT molecular complexity index is 550. The molecule has 3 nitrogen and oxygen atoms in total. The SMILES string of the molecule is CC(CN(C)C)n1c(CCl)nc2cc(F)ccc21. The number of rotatable bonds is 4. The largest absolute Gasteiger partial charge is 0.323 e. The molecule has 98 valence electrons. The lowest BCUT2D eigenvalue weighted by molar-refractivity contribution is 0.337. The predicted molar refractivity (Wildman–Crippen MR) is 72.5 cm³/mol. The minimum Gasteiger partial charge on any atom is -0.323 e. The summed E-state index contributed by atoms with van der Waals surface area (Å²) >= 11 is 5.93. The van der Waals surface area contributed by atoms with E-state index in [2.05, 4.69) is 21.4 Å². The fourth-order valence-electron chi connectivity index (χ4n) is 2.32. The first-order valence-corrected chi connectivity index (χ1v) is 6.43. The fourth-order valence-corrected chi connectivity index (χ4v) is 2.51. The first kappa shape index (κ1) is 13.3. The molecule has 0 aliphatic carbocycles. The van der Waals surface area contributed by atoms with Crippen molar-refractivity contribution in [1.29, 1.82) is 0 Å². The summed E-state index contributed by atoms with van der Waals surface area (Å²) in [5, 5.41) is 0. The van der Waals surface area contributed by atoms with Crippen molar-refractivity contribution in [3.63, 3.8) is 0 Å². The number of hydrogen-bond acceptors (Lipinski definition) is 2. The molecule has 0 saturated carbocycles. The van der Waals surface area contributed by atoms with Crippen molar-refractivity contribution in [3.8, 4) is 0 Å². The van der Waals surface area contributed by atoms with Crippen LogP contribution < -0.4 is 0 Å². The number of halogens is 2. The molecule has 1 aromatic heterocycles. The molecule has 2 aromatic rings. The molecule has 1 aromatic carbocycles. The van der Waals surface area contributed by atoms with Crippen molar-refractivity contribution in [3.05, 3.63) is 29.8 Å². The Hall–Kier alpha value is -1.13. The molecule has 0 aliphatic rings. The smallest absolute Gasteiger partial charge is 0.125 e. The van der Waals surface area contributed by atoms with Crippen LogP contribution in [0.3, 0.4) is 0 Å². The highest BCUT2D eigenvalue weighted by Crippen LogP contribution is 2.23. The highest BCUT2D eigenvalue weighted by molar-refractivity contribution is 6.16. The van der Waals surface area contributed by atoms with Crippen LogP contribution >= 0.6 is 11.6 Å².